The van der Waals surface area contributed by atoms with Crippen molar-refractivity contribution in [3.8, 4) is 0 Å². The lowest BCUT2D eigenvalue weighted by Gasteiger charge is -2.11. The Balaban J connectivity index is 2.21. The highest BCUT2D eigenvalue weighted by molar-refractivity contribution is 7.09. The average molecular weight is 299 g/mol. The molecule has 1 unspecified atom stereocenters. The zero-order valence-corrected chi connectivity index (χ0v) is 11.9. The Hall–Kier alpha value is -1.96. The van der Waals surface area contributed by atoms with Gasteiger partial charge in [0, 0.05) is 24.4 Å². The molecule has 0 fully saturated rings. The van der Waals surface area contributed by atoms with E-state index in [-0.39, 0.29) is 18.9 Å². The number of unbranched alkanes of at least 4 members (excludes halogenated alkanes) is 1. The monoisotopic (exact) mass is 299 g/mol. The van der Waals surface area contributed by atoms with Gasteiger partial charge in [0.1, 0.15) is 5.01 Å². The zero-order chi connectivity index (χ0) is 15.0. The van der Waals surface area contributed by atoms with Gasteiger partial charge in [0.2, 0.25) is 5.91 Å². The van der Waals surface area contributed by atoms with Crippen LogP contribution in [0, 0.1) is 0 Å². The van der Waals surface area contributed by atoms with Crippen LogP contribution in [0.4, 0.5) is 4.79 Å². The van der Waals surface area contributed by atoms with E-state index in [9.17, 15) is 14.4 Å². The molecular formula is C12H17N3O4S. The predicted molar refractivity (Wildman–Crippen MR) is 73.3 cm³/mol. The number of aliphatic carboxylic acids is 1. The summed E-state index contributed by atoms with van der Waals surface area (Å²) in [6.07, 6.45) is 2.66. The van der Waals surface area contributed by atoms with Crippen molar-refractivity contribution < 1.29 is 19.5 Å². The molecule has 0 aromatic carbocycles. The fraction of sp³-hybridized carbons (Fsp3) is 0.500. The molecule has 8 heteroatoms. The fourth-order valence-electron chi connectivity index (χ4n) is 1.49. The third-order valence-corrected chi connectivity index (χ3v) is 3.43. The van der Waals surface area contributed by atoms with Crippen molar-refractivity contribution in [2.24, 2.45) is 0 Å². The summed E-state index contributed by atoms with van der Waals surface area (Å²) in [7, 11) is 0. The first-order valence-electron chi connectivity index (χ1n) is 6.20. The standard InChI is InChI=1S/C12H17N3O4S/c1-8(11-13-6-7-20-11)14-12(19)15-9(16)4-2-3-5-10(17)18/h6-8H,2-5H2,1H3,(H,17,18)(H2,14,15,16,19). The Kier molecular flexibility index (Phi) is 6.65. The molecule has 1 aromatic rings. The van der Waals surface area contributed by atoms with Gasteiger partial charge in [0.05, 0.1) is 6.04 Å². The van der Waals surface area contributed by atoms with E-state index in [4.69, 9.17) is 5.11 Å². The predicted octanol–water partition coefficient (Wildman–Crippen LogP) is 1.67. The maximum atomic E-state index is 11.5. The van der Waals surface area contributed by atoms with Crippen molar-refractivity contribution in [3.05, 3.63) is 16.6 Å². The van der Waals surface area contributed by atoms with E-state index in [1.54, 1.807) is 18.5 Å². The summed E-state index contributed by atoms with van der Waals surface area (Å²) >= 11 is 1.42. The van der Waals surface area contributed by atoms with Gasteiger partial charge < -0.3 is 10.4 Å². The number of imide groups is 1. The Morgan fingerprint density at radius 2 is 2.05 bits per heavy atom. The van der Waals surface area contributed by atoms with Gasteiger partial charge in [0.15, 0.2) is 0 Å². The second-order valence-electron chi connectivity index (χ2n) is 4.21. The highest BCUT2D eigenvalue weighted by atomic mass is 32.1. The molecule has 3 amide bonds. The second kappa shape index (κ2) is 8.26. The zero-order valence-electron chi connectivity index (χ0n) is 11.1. The highest BCUT2D eigenvalue weighted by Crippen LogP contribution is 2.14. The van der Waals surface area contributed by atoms with Gasteiger partial charge in [-0.25, -0.2) is 9.78 Å². The van der Waals surface area contributed by atoms with E-state index in [1.807, 2.05) is 0 Å². The van der Waals surface area contributed by atoms with E-state index in [1.165, 1.54) is 11.3 Å². The van der Waals surface area contributed by atoms with E-state index in [0.717, 1.165) is 5.01 Å². The first-order chi connectivity index (χ1) is 9.49. The number of nitrogens with one attached hydrogen (secondary N) is 2. The molecule has 110 valence electrons. The first kappa shape index (κ1) is 16.1. The van der Waals surface area contributed by atoms with Gasteiger partial charge in [-0.15, -0.1) is 11.3 Å². The molecule has 1 aromatic heterocycles. The molecule has 3 N–H and O–H groups in total. The summed E-state index contributed by atoms with van der Waals surface area (Å²) in [6.45, 7) is 1.77. The van der Waals surface area contributed by atoms with Crippen LogP contribution in [0.3, 0.4) is 0 Å². The summed E-state index contributed by atoms with van der Waals surface area (Å²) in [5.74, 6) is -1.31. The third kappa shape index (κ3) is 6.28. The Morgan fingerprint density at radius 1 is 1.35 bits per heavy atom. The molecule has 20 heavy (non-hydrogen) atoms. The fourth-order valence-corrected chi connectivity index (χ4v) is 2.14. The number of hydrogen-bond donors (Lipinski definition) is 3. The number of urea groups is 1. The van der Waals surface area contributed by atoms with Crippen LogP contribution in [0.2, 0.25) is 0 Å². The third-order valence-electron chi connectivity index (χ3n) is 2.47. The number of thiazole rings is 1. The van der Waals surface area contributed by atoms with Crippen LogP contribution >= 0.6 is 11.3 Å². The normalized spacial score (nSPS) is 11.7. The number of nitrogens with zero attached hydrogens (tertiary/aromatic N) is 1. The van der Waals surface area contributed by atoms with E-state index < -0.39 is 17.9 Å². The van der Waals surface area contributed by atoms with Crippen LogP contribution in [-0.2, 0) is 9.59 Å². The van der Waals surface area contributed by atoms with Gasteiger partial charge >= 0.3 is 12.0 Å². The molecule has 0 spiro atoms. The van der Waals surface area contributed by atoms with Gasteiger partial charge in [-0.1, -0.05) is 0 Å². The number of carbonyl (C=O) groups excluding carboxylic acids is 2. The molecular weight excluding hydrogens is 282 g/mol. The summed E-state index contributed by atoms with van der Waals surface area (Å²) in [5, 5.41) is 15.8. The number of carboxylic acid groups (broad SMARTS) is 1. The molecule has 0 radical (unpaired) electrons. The number of amides is 3. The van der Waals surface area contributed by atoms with Gasteiger partial charge in [-0.3, -0.25) is 14.9 Å². The van der Waals surface area contributed by atoms with Gasteiger partial charge in [-0.05, 0) is 19.8 Å². The van der Waals surface area contributed by atoms with Crippen LogP contribution in [0.1, 0.15) is 43.7 Å². The molecule has 0 saturated heterocycles. The van der Waals surface area contributed by atoms with Crippen LogP contribution in [0.5, 0.6) is 0 Å². The number of rotatable bonds is 7. The smallest absolute Gasteiger partial charge is 0.321 e. The lowest BCUT2D eigenvalue weighted by molar-refractivity contribution is -0.137. The average Bonchev–Trinajstić information content (AvgIpc) is 2.88. The van der Waals surface area contributed by atoms with Crippen molar-refractivity contribution in [3.63, 3.8) is 0 Å². The number of hydrogen-bond acceptors (Lipinski definition) is 5. The lowest BCUT2D eigenvalue weighted by atomic mass is 10.2. The molecule has 0 aliphatic carbocycles. The number of aromatic nitrogens is 1. The Labute approximate surface area is 120 Å². The molecule has 1 rings (SSSR count). The van der Waals surface area contributed by atoms with Gasteiger partial charge in [-0.2, -0.15) is 0 Å². The quantitative estimate of drug-likeness (QED) is 0.664. The van der Waals surface area contributed by atoms with Crippen LogP contribution in [-0.4, -0.2) is 28.0 Å². The van der Waals surface area contributed by atoms with Crippen molar-refractivity contribution in [1.82, 2.24) is 15.6 Å². The maximum absolute atomic E-state index is 11.5. The molecule has 7 nitrogen and oxygen atoms in total. The summed E-state index contributed by atoms with van der Waals surface area (Å²) in [4.78, 5) is 37.3. The molecule has 0 aliphatic rings. The number of carbonyl (C=O) groups is 3. The molecule has 1 atom stereocenters. The van der Waals surface area contributed by atoms with Crippen molar-refractivity contribution in [2.75, 3.05) is 0 Å². The largest absolute Gasteiger partial charge is 0.481 e. The SMILES string of the molecule is CC(NC(=O)NC(=O)CCCCC(=O)O)c1nccs1. The highest BCUT2D eigenvalue weighted by Gasteiger charge is 2.13. The minimum absolute atomic E-state index is 0.0283. The molecule has 0 bridgehead atoms. The second-order valence-corrected chi connectivity index (χ2v) is 5.14. The first-order valence-corrected chi connectivity index (χ1v) is 7.08. The van der Waals surface area contributed by atoms with E-state index in [2.05, 4.69) is 15.6 Å². The lowest BCUT2D eigenvalue weighted by Crippen LogP contribution is -2.40. The van der Waals surface area contributed by atoms with Crippen molar-refractivity contribution >= 4 is 29.2 Å². The van der Waals surface area contributed by atoms with E-state index >= 15 is 0 Å². The van der Waals surface area contributed by atoms with Crippen LogP contribution < -0.4 is 10.6 Å². The van der Waals surface area contributed by atoms with Crippen LogP contribution in [0.15, 0.2) is 11.6 Å². The van der Waals surface area contributed by atoms with Crippen molar-refractivity contribution in [2.45, 2.75) is 38.6 Å². The molecule has 1 heterocycles. The topological polar surface area (TPSA) is 108 Å². The minimum atomic E-state index is -0.888. The Bertz CT molecular complexity index is 461. The Morgan fingerprint density at radius 3 is 2.65 bits per heavy atom. The minimum Gasteiger partial charge on any atom is -0.481 e. The summed E-state index contributed by atoms with van der Waals surface area (Å²) < 4.78 is 0. The summed E-state index contributed by atoms with van der Waals surface area (Å²) in [6, 6.07) is -0.842. The molecule has 0 aliphatic heterocycles. The van der Waals surface area contributed by atoms with Gasteiger partial charge in [0.25, 0.3) is 0 Å². The number of carboxylic acids is 1. The van der Waals surface area contributed by atoms with Crippen molar-refractivity contribution in [1.29, 1.82) is 0 Å². The summed E-state index contributed by atoms with van der Waals surface area (Å²) in [5.41, 5.74) is 0. The van der Waals surface area contributed by atoms with E-state index in [0.29, 0.717) is 12.8 Å². The maximum Gasteiger partial charge on any atom is 0.321 e. The van der Waals surface area contributed by atoms with Crippen LogP contribution in [0.25, 0.3) is 0 Å². The molecule has 0 saturated carbocycles.